The lowest BCUT2D eigenvalue weighted by Gasteiger charge is -2.08. The summed E-state index contributed by atoms with van der Waals surface area (Å²) in [5, 5.41) is 10.6. The Hall–Kier alpha value is -2.63. The van der Waals surface area contributed by atoms with Crippen LogP contribution in [-0.2, 0) is 0 Å². The molecule has 0 bridgehead atoms. The predicted octanol–water partition coefficient (Wildman–Crippen LogP) is 2.67. The quantitative estimate of drug-likeness (QED) is 0.510. The Morgan fingerprint density at radius 3 is 2.78 bits per heavy atom. The SMILES string of the molecule is Cc1ncccc1Oc1ccc([N+](=O)[O-])c(N)c1. The molecular formula is C12H11N3O3. The normalized spacial score (nSPS) is 10.1. The van der Waals surface area contributed by atoms with E-state index < -0.39 is 4.92 Å². The summed E-state index contributed by atoms with van der Waals surface area (Å²) in [6.07, 6.45) is 1.66. The van der Waals surface area contributed by atoms with Crippen molar-refractivity contribution in [2.45, 2.75) is 6.92 Å². The molecule has 1 aromatic heterocycles. The number of nitro benzene ring substituents is 1. The summed E-state index contributed by atoms with van der Waals surface area (Å²) in [4.78, 5) is 14.2. The van der Waals surface area contributed by atoms with Crippen molar-refractivity contribution in [1.82, 2.24) is 4.98 Å². The van der Waals surface area contributed by atoms with E-state index in [9.17, 15) is 10.1 Å². The average Bonchev–Trinajstić information content (AvgIpc) is 2.32. The molecule has 18 heavy (non-hydrogen) atoms. The topological polar surface area (TPSA) is 91.3 Å². The molecular weight excluding hydrogens is 234 g/mol. The lowest BCUT2D eigenvalue weighted by Crippen LogP contribution is -1.96. The number of aryl methyl sites for hydroxylation is 1. The smallest absolute Gasteiger partial charge is 0.292 e. The maximum atomic E-state index is 10.6. The van der Waals surface area contributed by atoms with Crippen LogP contribution >= 0.6 is 0 Å². The van der Waals surface area contributed by atoms with Gasteiger partial charge in [0.15, 0.2) is 0 Å². The van der Waals surface area contributed by atoms with E-state index in [1.165, 1.54) is 18.2 Å². The van der Waals surface area contributed by atoms with Gasteiger partial charge < -0.3 is 10.5 Å². The van der Waals surface area contributed by atoms with Crippen LogP contribution in [-0.4, -0.2) is 9.91 Å². The largest absolute Gasteiger partial charge is 0.455 e. The fourth-order valence-electron chi connectivity index (χ4n) is 1.47. The molecule has 0 aliphatic rings. The summed E-state index contributed by atoms with van der Waals surface area (Å²) < 4.78 is 5.56. The third-order valence-electron chi connectivity index (χ3n) is 2.38. The van der Waals surface area contributed by atoms with E-state index in [4.69, 9.17) is 10.5 Å². The first-order valence-corrected chi connectivity index (χ1v) is 5.21. The van der Waals surface area contributed by atoms with Crippen LogP contribution in [0.3, 0.4) is 0 Å². The molecule has 1 aromatic carbocycles. The van der Waals surface area contributed by atoms with Crippen LogP contribution in [0.15, 0.2) is 36.5 Å². The Morgan fingerprint density at radius 1 is 1.39 bits per heavy atom. The second-order valence-corrected chi connectivity index (χ2v) is 3.67. The minimum Gasteiger partial charge on any atom is -0.455 e. The first kappa shape index (κ1) is 11.8. The number of hydrogen-bond acceptors (Lipinski definition) is 5. The number of nitrogen functional groups attached to an aromatic ring is 1. The summed E-state index contributed by atoms with van der Waals surface area (Å²) in [5.74, 6) is 1.03. The first-order valence-electron chi connectivity index (χ1n) is 5.21. The maximum absolute atomic E-state index is 10.6. The summed E-state index contributed by atoms with van der Waals surface area (Å²) in [6, 6.07) is 7.75. The van der Waals surface area contributed by atoms with Crippen molar-refractivity contribution in [3.63, 3.8) is 0 Å². The first-order chi connectivity index (χ1) is 8.58. The van der Waals surface area contributed by atoms with Crippen molar-refractivity contribution in [1.29, 1.82) is 0 Å². The summed E-state index contributed by atoms with van der Waals surface area (Å²) in [7, 11) is 0. The van der Waals surface area contributed by atoms with Crippen LogP contribution in [0.25, 0.3) is 0 Å². The molecule has 6 heteroatoms. The lowest BCUT2D eigenvalue weighted by molar-refractivity contribution is -0.383. The Kier molecular flexibility index (Phi) is 3.09. The van der Waals surface area contributed by atoms with E-state index >= 15 is 0 Å². The van der Waals surface area contributed by atoms with Gasteiger partial charge in [0.25, 0.3) is 5.69 Å². The summed E-state index contributed by atoms with van der Waals surface area (Å²) >= 11 is 0. The molecule has 0 saturated carbocycles. The maximum Gasteiger partial charge on any atom is 0.292 e. The van der Waals surface area contributed by atoms with Gasteiger partial charge in [-0.2, -0.15) is 0 Å². The van der Waals surface area contributed by atoms with Crippen molar-refractivity contribution in [2.24, 2.45) is 0 Å². The van der Waals surface area contributed by atoms with Crippen LogP contribution < -0.4 is 10.5 Å². The number of nitrogens with zero attached hydrogens (tertiary/aromatic N) is 2. The van der Waals surface area contributed by atoms with Gasteiger partial charge in [0, 0.05) is 18.3 Å². The molecule has 0 aliphatic heterocycles. The van der Waals surface area contributed by atoms with Crippen molar-refractivity contribution < 1.29 is 9.66 Å². The van der Waals surface area contributed by atoms with Gasteiger partial charge in [0.2, 0.25) is 0 Å². The molecule has 0 amide bonds. The Labute approximate surface area is 103 Å². The molecule has 0 aliphatic carbocycles. The second kappa shape index (κ2) is 4.70. The van der Waals surface area contributed by atoms with E-state index in [0.717, 1.165) is 5.69 Å². The number of hydrogen-bond donors (Lipinski definition) is 1. The zero-order valence-corrected chi connectivity index (χ0v) is 9.66. The Balaban J connectivity index is 2.29. The third-order valence-corrected chi connectivity index (χ3v) is 2.38. The molecule has 2 N–H and O–H groups in total. The van der Waals surface area contributed by atoms with Gasteiger partial charge in [-0.1, -0.05) is 0 Å². The number of nitro groups is 1. The number of pyridine rings is 1. The van der Waals surface area contributed by atoms with Crippen LogP contribution in [0.5, 0.6) is 11.5 Å². The van der Waals surface area contributed by atoms with Crippen molar-refractivity contribution in [3.8, 4) is 11.5 Å². The molecule has 2 aromatic rings. The number of rotatable bonds is 3. The Bertz CT molecular complexity index is 599. The van der Waals surface area contributed by atoms with Crippen LogP contribution in [0.4, 0.5) is 11.4 Å². The van der Waals surface area contributed by atoms with E-state index in [1.54, 1.807) is 18.3 Å². The van der Waals surface area contributed by atoms with Gasteiger partial charge in [0.05, 0.1) is 10.6 Å². The van der Waals surface area contributed by atoms with E-state index in [2.05, 4.69) is 4.98 Å². The number of ether oxygens (including phenoxy) is 1. The Morgan fingerprint density at radius 2 is 2.17 bits per heavy atom. The van der Waals surface area contributed by atoms with Crippen molar-refractivity contribution in [2.75, 3.05) is 5.73 Å². The highest BCUT2D eigenvalue weighted by Gasteiger charge is 2.12. The molecule has 1 heterocycles. The van der Waals surface area contributed by atoms with Gasteiger partial charge in [0.1, 0.15) is 17.2 Å². The predicted molar refractivity (Wildman–Crippen MR) is 66.6 cm³/mol. The third kappa shape index (κ3) is 2.37. The highest BCUT2D eigenvalue weighted by atomic mass is 16.6. The molecule has 2 rings (SSSR count). The standard InChI is InChI=1S/C12H11N3O3/c1-8-12(3-2-6-14-8)18-9-4-5-11(15(16)17)10(13)7-9/h2-7H,13H2,1H3. The lowest BCUT2D eigenvalue weighted by atomic mass is 10.2. The van der Waals surface area contributed by atoms with Gasteiger partial charge in [-0.15, -0.1) is 0 Å². The van der Waals surface area contributed by atoms with Crippen molar-refractivity contribution in [3.05, 3.63) is 52.3 Å². The van der Waals surface area contributed by atoms with Gasteiger partial charge in [-0.05, 0) is 25.1 Å². The molecule has 92 valence electrons. The fourth-order valence-corrected chi connectivity index (χ4v) is 1.47. The van der Waals surface area contributed by atoms with Gasteiger partial charge in [-0.25, -0.2) is 0 Å². The second-order valence-electron chi connectivity index (χ2n) is 3.67. The molecule has 0 unspecified atom stereocenters. The van der Waals surface area contributed by atoms with Crippen LogP contribution in [0.2, 0.25) is 0 Å². The van der Waals surface area contributed by atoms with E-state index in [-0.39, 0.29) is 11.4 Å². The monoisotopic (exact) mass is 245 g/mol. The van der Waals surface area contributed by atoms with E-state index in [1.807, 2.05) is 6.92 Å². The molecule has 0 atom stereocenters. The molecule has 0 fully saturated rings. The average molecular weight is 245 g/mol. The summed E-state index contributed by atoms with van der Waals surface area (Å²) in [5.41, 5.74) is 6.24. The number of anilines is 1. The van der Waals surface area contributed by atoms with Gasteiger partial charge in [-0.3, -0.25) is 15.1 Å². The minimum atomic E-state index is -0.533. The zero-order valence-electron chi connectivity index (χ0n) is 9.66. The van der Waals surface area contributed by atoms with Crippen LogP contribution in [0, 0.1) is 17.0 Å². The highest BCUT2D eigenvalue weighted by molar-refractivity contribution is 5.61. The number of nitrogens with two attached hydrogens (primary N) is 1. The highest BCUT2D eigenvalue weighted by Crippen LogP contribution is 2.29. The van der Waals surface area contributed by atoms with Crippen molar-refractivity contribution >= 4 is 11.4 Å². The fraction of sp³-hybridized carbons (Fsp3) is 0.0833. The molecule has 0 saturated heterocycles. The molecule has 6 nitrogen and oxygen atoms in total. The summed E-state index contributed by atoms with van der Waals surface area (Å²) in [6.45, 7) is 1.81. The van der Waals surface area contributed by atoms with Gasteiger partial charge >= 0.3 is 0 Å². The number of aromatic nitrogens is 1. The van der Waals surface area contributed by atoms with E-state index in [0.29, 0.717) is 11.5 Å². The molecule has 0 radical (unpaired) electrons. The zero-order chi connectivity index (χ0) is 13.1. The van der Waals surface area contributed by atoms with Crippen LogP contribution in [0.1, 0.15) is 5.69 Å². The minimum absolute atomic E-state index is 0.0686. The molecule has 0 spiro atoms. The number of benzene rings is 1.